The summed E-state index contributed by atoms with van der Waals surface area (Å²) in [4.78, 5) is 62.4. The number of hydrogen-bond donors (Lipinski definition) is 0. The Morgan fingerprint density at radius 2 is 1.69 bits per heavy atom. The van der Waals surface area contributed by atoms with Gasteiger partial charge in [-0.05, 0) is 24.5 Å². The molecule has 3 unspecified atom stereocenters. The summed E-state index contributed by atoms with van der Waals surface area (Å²) in [7, 11) is 0. The second-order valence-corrected chi connectivity index (χ2v) is 9.22. The van der Waals surface area contributed by atoms with E-state index in [1.54, 1.807) is 11.8 Å². The van der Waals surface area contributed by atoms with Gasteiger partial charge in [0.25, 0.3) is 11.8 Å². The fraction of sp³-hybridized carbons (Fsp3) is 0.762. The first-order chi connectivity index (χ1) is 15.1. The Bertz CT molecular complexity index is 712. The average molecular weight is 474 g/mol. The van der Waals surface area contributed by atoms with Gasteiger partial charge in [0.1, 0.15) is 24.3 Å². The van der Waals surface area contributed by atoms with Crippen molar-refractivity contribution < 1.29 is 43.0 Å². The molecule has 2 fully saturated rings. The second kappa shape index (κ2) is 12.2. The first-order valence-corrected chi connectivity index (χ1v) is 11.8. The molecular formula is C21H31NO9S. The normalized spacial score (nSPS) is 27.9. The minimum absolute atomic E-state index is 0.00117. The zero-order valence-corrected chi connectivity index (χ0v) is 19.7. The minimum Gasteiger partial charge on any atom is -0.463 e. The van der Waals surface area contributed by atoms with Crippen molar-refractivity contribution in [2.75, 3.05) is 12.4 Å². The van der Waals surface area contributed by atoms with Crippen molar-refractivity contribution in [3.05, 3.63) is 0 Å². The molecule has 0 radical (unpaired) electrons. The van der Waals surface area contributed by atoms with Crippen LogP contribution in [0.25, 0.3) is 0 Å². The summed E-state index contributed by atoms with van der Waals surface area (Å²) in [6.07, 6.45) is 0.394. The molecule has 0 aliphatic carbocycles. The van der Waals surface area contributed by atoms with E-state index in [2.05, 4.69) is 0 Å². The first kappa shape index (κ1) is 26.1. The Hall–Kier alpha value is -2.14. The maximum atomic E-state index is 11.9. The minimum atomic E-state index is -0.611. The van der Waals surface area contributed by atoms with Crippen molar-refractivity contribution in [3.63, 3.8) is 0 Å². The third kappa shape index (κ3) is 7.47. The van der Waals surface area contributed by atoms with E-state index in [1.165, 1.54) is 13.8 Å². The summed E-state index contributed by atoms with van der Waals surface area (Å²) >= 11 is 1.58. The molecule has 11 heteroatoms. The third-order valence-corrected chi connectivity index (χ3v) is 6.85. The highest BCUT2D eigenvalue weighted by Gasteiger charge is 2.44. The maximum absolute atomic E-state index is 11.9. The maximum Gasteiger partial charge on any atom is 0.333 e. The van der Waals surface area contributed by atoms with Crippen LogP contribution in [0.15, 0.2) is 0 Å². The van der Waals surface area contributed by atoms with Crippen LogP contribution in [0, 0.1) is 11.8 Å². The Morgan fingerprint density at radius 1 is 1.03 bits per heavy atom. The molecule has 0 aromatic carbocycles. The Labute approximate surface area is 191 Å². The van der Waals surface area contributed by atoms with Crippen LogP contribution in [0.5, 0.6) is 0 Å². The fourth-order valence-corrected chi connectivity index (χ4v) is 4.91. The van der Waals surface area contributed by atoms with Gasteiger partial charge in [-0.25, -0.2) is 4.79 Å². The zero-order chi connectivity index (χ0) is 23.8. The number of ether oxygens (including phenoxy) is 3. The van der Waals surface area contributed by atoms with Crippen molar-refractivity contribution in [3.8, 4) is 0 Å². The lowest BCUT2D eigenvalue weighted by atomic mass is 9.85. The number of nitrogens with zero attached hydrogens (tertiary/aromatic N) is 1. The molecule has 0 N–H and O–H groups in total. The van der Waals surface area contributed by atoms with E-state index in [0.717, 1.165) is 0 Å². The van der Waals surface area contributed by atoms with E-state index in [9.17, 15) is 24.0 Å². The Balaban J connectivity index is 1.78. The van der Waals surface area contributed by atoms with E-state index in [0.29, 0.717) is 23.7 Å². The van der Waals surface area contributed by atoms with Gasteiger partial charge in [-0.3, -0.25) is 19.2 Å². The van der Waals surface area contributed by atoms with E-state index in [4.69, 9.17) is 19.0 Å². The SMILES string of the molecule is CC(=O)OCC1OC(SCCCCC(=O)ON2C(=O)CCC2=O)C(C)[C@@H](C)[C@H]1OC(C)=O. The smallest absolute Gasteiger partial charge is 0.333 e. The van der Waals surface area contributed by atoms with Gasteiger partial charge in [0.05, 0.1) is 0 Å². The molecule has 0 bridgehead atoms. The standard InChI is InChI=1S/C21H31NO9S/c1-12-13(2)21(30-16(11-28-14(3)23)20(12)29-15(4)24)32-10-6-5-7-19(27)31-22-17(25)8-9-18(22)26/h12-13,16,20-21H,5-11H2,1-4H3/t12-,13?,16?,20-,21?/m1/s1. The van der Waals surface area contributed by atoms with Gasteiger partial charge in [-0.2, -0.15) is 0 Å². The average Bonchev–Trinajstić information content (AvgIpc) is 3.03. The fourth-order valence-electron chi connectivity index (χ4n) is 3.53. The molecule has 2 heterocycles. The number of hydrogen-bond acceptors (Lipinski definition) is 10. The highest BCUT2D eigenvalue weighted by atomic mass is 32.2. The van der Waals surface area contributed by atoms with Crippen LogP contribution < -0.4 is 0 Å². The molecule has 32 heavy (non-hydrogen) atoms. The van der Waals surface area contributed by atoms with Crippen LogP contribution in [0.4, 0.5) is 0 Å². The van der Waals surface area contributed by atoms with Gasteiger partial charge in [0.15, 0.2) is 0 Å². The molecular weight excluding hydrogens is 442 g/mol. The molecule has 2 saturated heterocycles. The van der Waals surface area contributed by atoms with Crippen molar-refractivity contribution in [1.29, 1.82) is 0 Å². The van der Waals surface area contributed by atoms with E-state index >= 15 is 0 Å². The van der Waals surface area contributed by atoms with Crippen LogP contribution in [-0.2, 0) is 43.0 Å². The van der Waals surface area contributed by atoms with Crippen molar-refractivity contribution in [2.45, 2.75) is 77.4 Å². The van der Waals surface area contributed by atoms with E-state index in [-0.39, 0.29) is 43.1 Å². The zero-order valence-electron chi connectivity index (χ0n) is 18.9. The van der Waals surface area contributed by atoms with Crippen LogP contribution in [0.3, 0.4) is 0 Å². The molecule has 2 aliphatic heterocycles. The molecule has 180 valence electrons. The predicted molar refractivity (Wildman–Crippen MR) is 113 cm³/mol. The van der Waals surface area contributed by atoms with Gasteiger partial charge in [-0.15, -0.1) is 16.8 Å². The Kier molecular flexibility index (Phi) is 9.95. The predicted octanol–water partition coefficient (Wildman–Crippen LogP) is 1.99. The number of carbonyl (C=O) groups excluding carboxylic acids is 5. The van der Waals surface area contributed by atoms with Crippen LogP contribution in [0.1, 0.15) is 59.8 Å². The highest BCUT2D eigenvalue weighted by Crippen LogP contribution is 2.38. The molecule has 0 saturated carbocycles. The molecule has 2 rings (SSSR count). The first-order valence-electron chi connectivity index (χ1n) is 10.7. The summed E-state index contributed by atoms with van der Waals surface area (Å²) in [5.41, 5.74) is -0.191. The number of rotatable bonds is 10. The summed E-state index contributed by atoms with van der Waals surface area (Å²) in [6, 6.07) is 0. The summed E-state index contributed by atoms with van der Waals surface area (Å²) in [6.45, 7) is 6.64. The topological polar surface area (TPSA) is 126 Å². The van der Waals surface area contributed by atoms with Crippen LogP contribution in [-0.4, -0.2) is 64.8 Å². The van der Waals surface area contributed by atoms with Crippen molar-refractivity contribution in [2.24, 2.45) is 11.8 Å². The molecule has 10 nitrogen and oxygen atoms in total. The number of imide groups is 1. The molecule has 2 amide bonds. The molecule has 0 aromatic heterocycles. The molecule has 2 aliphatic rings. The lowest BCUT2D eigenvalue weighted by Gasteiger charge is -2.43. The molecule has 5 atom stereocenters. The number of esters is 2. The van der Waals surface area contributed by atoms with Crippen LogP contribution >= 0.6 is 11.8 Å². The number of carbonyl (C=O) groups is 5. The Morgan fingerprint density at radius 3 is 2.28 bits per heavy atom. The second-order valence-electron chi connectivity index (χ2n) is 8.01. The summed E-state index contributed by atoms with van der Waals surface area (Å²) in [5.74, 6) is -1.67. The quantitative estimate of drug-likeness (QED) is 0.264. The van der Waals surface area contributed by atoms with Gasteiger partial charge in [0, 0.05) is 39.0 Å². The lowest BCUT2D eigenvalue weighted by molar-refractivity contribution is -0.197. The lowest BCUT2D eigenvalue weighted by Crippen LogP contribution is -2.52. The number of amides is 2. The van der Waals surface area contributed by atoms with E-state index < -0.39 is 41.9 Å². The monoisotopic (exact) mass is 473 g/mol. The van der Waals surface area contributed by atoms with Crippen molar-refractivity contribution >= 4 is 41.5 Å². The summed E-state index contributed by atoms with van der Waals surface area (Å²) < 4.78 is 16.6. The van der Waals surface area contributed by atoms with Gasteiger partial charge >= 0.3 is 17.9 Å². The summed E-state index contributed by atoms with van der Waals surface area (Å²) in [5, 5.41) is 0.554. The highest BCUT2D eigenvalue weighted by molar-refractivity contribution is 7.99. The molecule has 0 spiro atoms. The van der Waals surface area contributed by atoms with E-state index in [1.807, 2.05) is 13.8 Å². The van der Waals surface area contributed by atoms with Gasteiger partial charge in [0.2, 0.25) is 0 Å². The van der Waals surface area contributed by atoms with Gasteiger partial charge < -0.3 is 19.0 Å². The third-order valence-electron chi connectivity index (χ3n) is 5.46. The van der Waals surface area contributed by atoms with Crippen molar-refractivity contribution in [1.82, 2.24) is 5.06 Å². The number of hydroxylamine groups is 2. The number of thioether (sulfide) groups is 1. The number of unbranched alkanes of at least 4 members (excludes halogenated alkanes) is 1. The van der Waals surface area contributed by atoms with Crippen LogP contribution in [0.2, 0.25) is 0 Å². The molecule has 0 aromatic rings. The largest absolute Gasteiger partial charge is 0.463 e. The van der Waals surface area contributed by atoms with Gasteiger partial charge in [-0.1, -0.05) is 13.8 Å².